The minimum Gasteiger partial charge on any atom is -0.482 e. The van der Waals surface area contributed by atoms with Crippen LogP contribution in [0.25, 0.3) is 0 Å². The maximum absolute atomic E-state index is 12.0. The second-order valence-corrected chi connectivity index (χ2v) is 6.46. The van der Waals surface area contributed by atoms with Gasteiger partial charge in [0.15, 0.2) is 6.61 Å². The lowest BCUT2D eigenvalue weighted by Gasteiger charge is -2.11. The second-order valence-electron chi connectivity index (χ2n) is 5.32. The monoisotopic (exact) mass is 350 g/mol. The van der Waals surface area contributed by atoms with E-state index in [9.17, 15) is 4.79 Å². The number of benzene rings is 3. The van der Waals surface area contributed by atoms with Gasteiger partial charge in [-0.05, 0) is 42.5 Å². The second kappa shape index (κ2) is 8.26. The molecule has 0 radical (unpaired) electrons. The fraction of sp³-hybridized carbons (Fsp3) is 0.0500. The normalized spacial score (nSPS) is 10.2. The quantitative estimate of drug-likeness (QED) is 0.645. The first kappa shape index (κ1) is 16.9. The molecule has 25 heavy (non-hydrogen) atoms. The van der Waals surface area contributed by atoms with Crippen LogP contribution in [-0.2, 0) is 4.79 Å². The first-order valence-corrected chi connectivity index (χ1v) is 8.62. The summed E-state index contributed by atoms with van der Waals surface area (Å²) < 4.78 is 5.60. The number of anilines is 2. The number of rotatable bonds is 6. The number of ether oxygens (including phenoxy) is 1. The lowest BCUT2D eigenvalue weighted by molar-refractivity contribution is -0.118. The van der Waals surface area contributed by atoms with Gasteiger partial charge in [0, 0.05) is 15.5 Å². The van der Waals surface area contributed by atoms with E-state index in [1.807, 2.05) is 72.8 Å². The van der Waals surface area contributed by atoms with Gasteiger partial charge in [0.1, 0.15) is 5.75 Å². The van der Waals surface area contributed by atoms with Crippen LogP contribution in [0.4, 0.5) is 11.4 Å². The van der Waals surface area contributed by atoms with Gasteiger partial charge in [-0.15, -0.1) is 0 Å². The molecule has 3 aromatic carbocycles. The summed E-state index contributed by atoms with van der Waals surface area (Å²) in [4.78, 5) is 14.1. The van der Waals surface area contributed by atoms with Crippen LogP contribution in [0.2, 0.25) is 0 Å². The van der Waals surface area contributed by atoms with Gasteiger partial charge in [-0.1, -0.05) is 48.2 Å². The summed E-state index contributed by atoms with van der Waals surface area (Å²) >= 11 is 1.61. The van der Waals surface area contributed by atoms with Crippen LogP contribution in [0, 0.1) is 0 Å². The van der Waals surface area contributed by atoms with Gasteiger partial charge in [0.05, 0.1) is 5.69 Å². The van der Waals surface area contributed by atoms with E-state index in [4.69, 9.17) is 10.5 Å². The average molecular weight is 350 g/mol. The van der Waals surface area contributed by atoms with Crippen molar-refractivity contribution < 1.29 is 9.53 Å². The van der Waals surface area contributed by atoms with Gasteiger partial charge >= 0.3 is 0 Å². The van der Waals surface area contributed by atoms with Crippen LogP contribution in [-0.4, -0.2) is 12.5 Å². The number of carbonyl (C=O) groups excluding carboxylic acids is 1. The van der Waals surface area contributed by atoms with E-state index in [1.165, 1.54) is 0 Å². The SMILES string of the molecule is Nc1ccc(Sc2ccccc2)cc1OCC(=O)Nc1ccccc1. The molecule has 5 heteroatoms. The Morgan fingerprint density at radius 3 is 2.32 bits per heavy atom. The van der Waals surface area contributed by atoms with Crippen LogP contribution >= 0.6 is 11.8 Å². The van der Waals surface area contributed by atoms with Crippen molar-refractivity contribution in [1.29, 1.82) is 0 Å². The summed E-state index contributed by atoms with van der Waals surface area (Å²) in [6.07, 6.45) is 0. The molecule has 0 saturated carbocycles. The van der Waals surface area contributed by atoms with Crippen LogP contribution in [0.5, 0.6) is 5.75 Å². The number of hydrogen-bond donors (Lipinski definition) is 2. The molecule has 3 aromatic rings. The Hall–Kier alpha value is -2.92. The van der Waals surface area contributed by atoms with Gasteiger partial charge < -0.3 is 15.8 Å². The zero-order chi connectivity index (χ0) is 17.5. The summed E-state index contributed by atoms with van der Waals surface area (Å²) in [7, 11) is 0. The van der Waals surface area contributed by atoms with E-state index >= 15 is 0 Å². The molecule has 0 fully saturated rings. The highest BCUT2D eigenvalue weighted by Crippen LogP contribution is 2.32. The maximum atomic E-state index is 12.0. The van der Waals surface area contributed by atoms with Crippen molar-refractivity contribution >= 4 is 29.0 Å². The first-order chi connectivity index (χ1) is 12.2. The van der Waals surface area contributed by atoms with Gasteiger partial charge in [-0.3, -0.25) is 4.79 Å². The predicted molar refractivity (Wildman–Crippen MR) is 102 cm³/mol. The third-order valence-electron chi connectivity index (χ3n) is 3.38. The van der Waals surface area contributed by atoms with E-state index < -0.39 is 0 Å². The molecule has 3 N–H and O–H groups in total. The summed E-state index contributed by atoms with van der Waals surface area (Å²) in [6.45, 7) is -0.0987. The number of para-hydroxylation sites is 1. The van der Waals surface area contributed by atoms with Crippen molar-refractivity contribution in [1.82, 2.24) is 0 Å². The smallest absolute Gasteiger partial charge is 0.262 e. The molecular weight excluding hydrogens is 332 g/mol. The lowest BCUT2D eigenvalue weighted by atomic mass is 10.3. The highest BCUT2D eigenvalue weighted by molar-refractivity contribution is 7.99. The van der Waals surface area contributed by atoms with E-state index in [-0.39, 0.29) is 12.5 Å². The van der Waals surface area contributed by atoms with Gasteiger partial charge in [-0.2, -0.15) is 0 Å². The number of nitrogen functional groups attached to an aromatic ring is 1. The van der Waals surface area contributed by atoms with Crippen LogP contribution in [0.3, 0.4) is 0 Å². The Morgan fingerprint density at radius 2 is 1.60 bits per heavy atom. The third kappa shape index (κ3) is 5.02. The number of nitrogens with two attached hydrogens (primary N) is 1. The number of carbonyl (C=O) groups is 1. The van der Waals surface area contributed by atoms with Crippen LogP contribution in [0.15, 0.2) is 88.7 Å². The number of amides is 1. The van der Waals surface area contributed by atoms with Crippen molar-refractivity contribution in [2.45, 2.75) is 9.79 Å². The van der Waals surface area contributed by atoms with E-state index in [0.717, 1.165) is 15.5 Å². The van der Waals surface area contributed by atoms with E-state index in [1.54, 1.807) is 17.8 Å². The molecule has 0 heterocycles. The van der Waals surface area contributed by atoms with Crippen LogP contribution < -0.4 is 15.8 Å². The molecule has 0 saturated heterocycles. The predicted octanol–water partition coefficient (Wildman–Crippen LogP) is 4.44. The fourth-order valence-electron chi connectivity index (χ4n) is 2.19. The van der Waals surface area contributed by atoms with Crippen molar-refractivity contribution in [2.75, 3.05) is 17.7 Å². The van der Waals surface area contributed by atoms with Crippen molar-refractivity contribution in [3.05, 3.63) is 78.9 Å². The molecule has 0 aliphatic carbocycles. The molecule has 126 valence electrons. The Bertz CT molecular complexity index is 839. The molecule has 4 nitrogen and oxygen atoms in total. The van der Waals surface area contributed by atoms with Gasteiger partial charge in [-0.25, -0.2) is 0 Å². The Balaban J connectivity index is 1.62. The molecule has 1 amide bonds. The molecule has 0 aliphatic rings. The highest BCUT2D eigenvalue weighted by Gasteiger charge is 2.08. The molecule has 0 atom stereocenters. The molecular formula is C20H18N2O2S. The molecule has 0 bridgehead atoms. The highest BCUT2D eigenvalue weighted by atomic mass is 32.2. The van der Waals surface area contributed by atoms with Gasteiger partial charge in [0.2, 0.25) is 0 Å². The van der Waals surface area contributed by atoms with E-state index in [0.29, 0.717) is 11.4 Å². The first-order valence-electron chi connectivity index (χ1n) is 7.81. The summed E-state index contributed by atoms with van der Waals surface area (Å²) in [6, 6.07) is 24.9. The zero-order valence-corrected chi connectivity index (χ0v) is 14.3. The Kier molecular flexibility index (Phi) is 5.59. The lowest BCUT2D eigenvalue weighted by Crippen LogP contribution is -2.20. The van der Waals surface area contributed by atoms with Crippen molar-refractivity contribution in [3.8, 4) is 5.75 Å². The average Bonchev–Trinajstić information content (AvgIpc) is 2.64. The Labute approximate surface area is 151 Å². The van der Waals surface area contributed by atoms with Crippen molar-refractivity contribution in [2.24, 2.45) is 0 Å². The minimum absolute atomic E-state index is 0.0987. The Morgan fingerprint density at radius 1 is 0.920 bits per heavy atom. The summed E-state index contributed by atoms with van der Waals surface area (Å²) in [5.74, 6) is 0.274. The maximum Gasteiger partial charge on any atom is 0.262 e. The summed E-state index contributed by atoms with van der Waals surface area (Å²) in [5.41, 5.74) is 7.19. The van der Waals surface area contributed by atoms with Crippen molar-refractivity contribution in [3.63, 3.8) is 0 Å². The molecule has 0 aliphatic heterocycles. The molecule has 3 rings (SSSR count). The molecule has 0 spiro atoms. The fourth-order valence-corrected chi connectivity index (χ4v) is 3.06. The van der Waals surface area contributed by atoms with E-state index in [2.05, 4.69) is 5.32 Å². The largest absolute Gasteiger partial charge is 0.482 e. The minimum atomic E-state index is -0.230. The zero-order valence-electron chi connectivity index (χ0n) is 13.5. The molecule has 0 aromatic heterocycles. The number of hydrogen-bond acceptors (Lipinski definition) is 4. The summed E-state index contributed by atoms with van der Waals surface area (Å²) in [5, 5.41) is 2.78. The standard InChI is InChI=1S/C20H18N2O2S/c21-18-12-11-17(25-16-9-5-2-6-10-16)13-19(18)24-14-20(23)22-15-7-3-1-4-8-15/h1-13H,14,21H2,(H,22,23). The third-order valence-corrected chi connectivity index (χ3v) is 4.38. The molecule has 0 unspecified atom stereocenters. The number of nitrogens with one attached hydrogen (secondary N) is 1. The topological polar surface area (TPSA) is 64.3 Å². The van der Waals surface area contributed by atoms with Crippen LogP contribution in [0.1, 0.15) is 0 Å². The van der Waals surface area contributed by atoms with Gasteiger partial charge in [0.25, 0.3) is 5.91 Å².